The Kier molecular flexibility index (Phi) is 4.10. The fourth-order valence-corrected chi connectivity index (χ4v) is 2.67. The molecule has 0 fully saturated rings. The monoisotopic (exact) mass is 347 g/mol. The van der Waals surface area contributed by atoms with Crippen LogP contribution in [0.3, 0.4) is 0 Å². The Labute approximate surface area is 148 Å². The number of carbonyl (C=O) groups is 1. The molecule has 1 aromatic carbocycles. The van der Waals surface area contributed by atoms with E-state index in [1.165, 1.54) is 18.3 Å². The molecule has 6 nitrogen and oxygen atoms in total. The van der Waals surface area contributed by atoms with Crippen LogP contribution in [-0.2, 0) is 6.54 Å². The standard InChI is InChI=1S/C19H14FN5O/c20-15-3-1-14(2-4-15)17-7-10-22-18-16(12-24-25(17)18)19(26)23-11-13-5-8-21-9-6-13/h1-10,12H,11H2,(H,23,26). The third-order valence-corrected chi connectivity index (χ3v) is 3.99. The van der Waals surface area contributed by atoms with Crippen molar-refractivity contribution in [3.05, 3.63) is 84.2 Å². The zero-order valence-electron chi connectivity index (χ0n) is 13.6. The summed E-state index contributed by atoms with van der Waals surface area (Å²) < 4.78 is 14.7. The molecule has 4 rings (SSSR count). The lowest BCUT2D eigenvalue weighted by Crippen LogP contribution is -2.22. The highest BCUT2D eigenvalue weighted by molar-refractivity contribution is 5.99. The number of hydrogen-bond donors (Lipinski definition) is 1. The van der Waals surface area contributed by atoms with Gasteiger partial charge >= 0.3 is 0 Å². The molecule has 3 heterocycles. The van der Waals surface area contributed by atoms with Crippen molar-refractivity contribution in [2.24, 2.45) is 0 Å². The lowest BCUT2D eigenvalue weighted by Gasteiger charge is -2.06. The van der Waals surface area contributed by atoms with Crippen LogP contribution in [0.4, 0.5) is 4.39 Å². The molecule has 0 radical (unpaired) electrons. The van der Waals surface area contributed by atoms with Crippen molar-refractivity contribution < 1.29 is 9.18 Å². The second kappa shape index (κ2) is 6.72. The second-order valence-corrected chi connectivity index (χ2v) is 5.67. The third kappa shape index (κ3) is 3.02. The SMILES string of the molecule is O=C(NCc1ccncc1)c1cnn2c(-c3ccc(F)cc3)ccnc12. The fraction of sp³-hybridized carbons (Fsp3) is 0.0526. The Balaban J connectivity index is 1.64. The number of rotatable bonds is 4. The molecule has 7 heteroatoms. The molecule has 0 spiro atoms. The smallest absolute Gasteiger partial charge is 0.257 e. The second-order valence-electron chi connectivity index (χ2n) is 5.67. The minimum absolute atomic E-state index is 0.263. The Morgan fingerprint density at radius 3 is 2.58 bits per heavy atom. The van der Waals surface area contributed by atoms with Crippen molar-refractivity contribution in [1.82, 2.24) is 24.9 Å². The molecule has 0 atom stereocenters. The fourth-order valence-electron chi connectivity index (χ4n) is 2.67. The van der Waals surface area contributed by atoms with E-state index >= 15 is 0 Å². The summed E-state index contributed by atoms with van der Waals surface area (Å²) in [5, 5.41) is 7.13. The van der Waals surface area contributed by atoms with E-state index in [1.807, 2.05) is 12.1 Å². The molecule has 1 amide bonds. The molecule has 0 aliphatic rings. The molecular formula is C19H14FN5O. The predicted molar refractivity (Wildman–Crippen MR) is 93.8 cm³/mol. The van der Waals surface area contributed by atoms with Crippen molar-refractivity contribution in [3.8, 4) is 11.3 Å². The van der Waals surface area contributed by atoms with Crippen LogP contribution < -0.4 is 5.32 Å². The third-order valence-electron chi connectivity index (χ3n) is 3.99. The Morgan fingerprint density at radius 2 is 1.81 bits per heavy atom. The summed E-state index contributed by atoms with van der Waals surface area (Å²) in [5.41, 5.74) is 3.28. The van der Waals surface area contributed by atoms with Crippen LogP contribution in [-0.4, -0.2) is 25.5 Å². The lowest BCUT2D eigenvalue weighted by molar-refractivity contribution is 0.0952. The minimum atomic E-state index is -0.310. The number of fused-ring (bicyclic) bond motifs is 1. The number of pyridine rings is 1. The van der Waals surface area contributed by atoms with Crippen LogP contribution in [0.15, 0.2) is 67.3 Å². The van der Waals surface area contributed by atoms with Gasteiger partial charge in [-0.3, -0.25) is 9.78 Å². The van der Waals surface area contributed by atoms with Gasteiger partial charge in [-0.2, -0.15) is 5.10 Å². The van der Waals surface area contributed by atoms with E-state index < -0.39 is 0 Å². The van der Waals surface area contributed by atoms with Crippen LogP contribution in [0, 0.1) is 5.82 Å². The van der Waals surface area contributed by atoms with E-state index in [0.717, 1.165) is 16.8 Å². The van der Waals surface area contributed by atoms with E-state index in [4.69, 9.17) is 0 Å². The van der Waals surface area contributed by atoms with Gasteiger partial charge in [0.05, 0.1) is 11.9 Å². The molecule has 0 bridgehead atoms. The molecule has 0 aliphatic heterocycles. The lowest BCUT2D eigenvalue weighted by atomic mass is 10.1. The molecule has 3 aromatic heterocycles. The molecule has 0 saturated carbocycles. The highest BCUT2D eigenvalue weighted by Crippen LogP contribution is 2.21. The molecule has 128 valence electrons. The molecule has 0 aliphatic carbocycles. The van der Waals surface area contributed by atoms with Crippen molar-refractivity contribution >= 4 is 11.6 Å². The molecule has 1 N–H and O–H groups in total. The van der Waals surface area contributed by atoms with Gasteiger partial charge in [-0.05, 0) is 48.0 Å². The van der Waals surface area contributed by atoms with Crippen LogP contribution in [0.25, 0.3) is 16.9 Å². The van der Waals surface area contributed by atoms with Crippen molar-refractivity contribution in [1.29, 1.82) is 0 Å². The Hall–Kier alpha value is -3.61. The summed E-state index contributed by atoms with van der Waals surface area (Å²) in [4.78, 5) is 20.7. The van der Waals surface area contributed by atoms with E-state index in [0.29, 0.717) is 17.8 Å². The summed E-state index contributed by atoms with van der Waals surface area (Å²) in [5.74, 6) is -0.573. The van der Waals surface area contributed by atoms with Gasteiger partial charge in [0.1, 0.15) is 11.4 Å². The first-order chi connectivity index (χ1) is 12.7. The zero-order chi connectivity index (χ0) is 17.9. The average Bonchev–Trinajstić information content (AvgIpc) is 3.12. The Morgan fingerprint density at radius 1 is 1.04 bits per heavy atom. The van der Waals surface area contributed by atoms with E-state index in [1.54, 1.807) is 41.3 Å². The maximum absolute atomic E-state index is 13.2. The number of halogens is 1. The van der Waals surface area contributed by atoms with Gasteiger partial charge in [-0.25, -0.2) is 13.9 Å². The molecule has 0 unspecified atom stereocenters. The quantitative estimate of drug-likeness (QED) is 0.616. The summed E-state index contributed by atoms with van der Waals surface area (Å²) in [6.07, 6.45) is 6.44. The van der Waals surface area contributed by atoms with Crippen LogP contribution in [0.1, 0.15) is 15.9 Å². The number of aromatic nitrogens is 4. The average molecular weight is 347 g/mol. The summed E-state index contributed by atoms with van der Waals surface area (Å²) in [7, 11) is 0. The van der Waals surface area contributed by atoms with Crippen LogP contribution in [0.5, 0.6) is 0 Å². The number of nitrogens with zero attached hydrogens (tertiary/aromatic N) is 4. The van der Waals surface area contributed by atoms with Gasteiger partial charge in [-0.15, -0.1) is 0 Å². The number of carbonyl (C=O) groups excluding carboxylic acids is 1. The van der Waals surface area contributed by atoms with Gasteiger partial charge in [0.15, 0.2) is 5.65 Å². The van der Waals surface area contributed by atoms with Gasteiger partial charge in [0.25, 0.3) is 5.91 Å². The first kappa shape index (κ1) is 15.9. The van der Waals surface area contributed by atoms with E-state index in [2.05, 4.69) is 20.4 Å². The van der Waals surface area contributed by atoms with Gasteiger partial charge < -0.3 is 5.32 Å². The van der Waals surface area contributed by atoms with Crippen molar-refractivity contribution in [2.45, 2.75) is 6.54 Å². The number of hydrogen-bond acceptors (Lipinski definition) is 4. The minimum Gasteiger partial charge on any atom is -0.348 e. The molecule has 0 saturated heterocycles. The summed E-state index contributed by atoms with van der Waals surface area (Å²) >= 11 is 0. The maximum Gasteiger partial charge on any atom is 0.257 e. The number of nitrogens with one attached hydrogen (secondary N) is 1. The van der Waals surface area contributed by atoms with Crippen molar-refractivity contribution in [3.63, 3.8) is 0 Å². The van der Waals surface area contributed by atoms with E-state index in [-0.39, 0.29) is 11.7 Å². The van der Waals surface area contributed by atoms with Crippen LogP contribution in [0.2, 0.25) is 0 Å². The highest BCUT2D eigenvalue weighted by Gasteiger charge is 2.16. The van der Waals surface area contributed by atoms with Crippen LogP contribution >= 0.6 is 0 Å². The first-order valence-corrected chi connectivity index (χ1v) is 7.98. The molecule has 26 heavy (non-hydrogen) atoms. The normalized spacial score (nSPS) is 10.8. The topological polar surface area (TPSA) is 72.2 Å². The first-order valence-electron chi connectivity index (χ1n) is 7.98. The maximum atomic E-state index is 13.2. The summed E-state index contributed by atoms with van der Waals surface area (Å²) in [6.45, 7) is 0.385. The highest BCUT2D eigenvalue weighted by atomic mass is 19.1. The van der Waals surface area contributed by atoms with Gasteiger partial charge in [0, 0.05) is 30.7 Å². The van der Waals surface area contributed by atoms with E-state index in [9.17, 15) is 9.18 Å². The zero-order valence-corrected chi connectivity index (χ0v) is 13.6. The predicted octanol–water partition coefficient (Wildman–Crippen LogP) is 2.86. The number of amides is 1. The van der Waals surface area contributed by atoms with Gasteiger partial charge in [0.2, 0.25) is 0 Å². The van der Waals surface area contributed by atoms with Crippen molar-refractivity contribution in [2.75, 3.05) is 0 Å². The molecular weight excluding hydrogens is 333 g/mol. The number of benzene rings is 1. The largest absolute Gasteiger partial charge is 0.348 e. The van der Waals surface area contributed by atoms with Gasteiger partial charge in [-0.1, -0.05) is 0 Å². The molecule has 4 aromatic rings. The summed E-state index contributed by atoms with van der Waals surface area (Å²) in [6, 6.07) is 11.5. The Bertz CT molecular complexity index is 1060.